The number of hydrogen-bond donors (Lipinski definition) is 0. The summed E-state index contributed by atoms with van der Waals surface area (Å²) in [6.45, 7) is 5.68. The van der Waals surface area contributed by atoms with Crippen LogP contribution in [0.1, 0.15) is 28.0 Å². The van der Waals surface area contributed by atoms with Crippen molar-refractivity contribution in [2.24, 2.45) is 7.05 Å². The van der Waals surface area contributed by atoms with Crippen molar-refractivity contribution in [2.45, 2.75) is 20.3 Å². The second-order valence-electron chi connectivity index (χ2n) is 6.91. The molecule has 0 fully saturated rings. The van der Waals surface area contributed by atoms with Crippen LogP contribution in [0.3, 0.4) is 0 Å². The zero-order valence-electron chi connectivity index (χ0n) is 16.0. The molecule has 7 heteroatoms. The van der Waals surface area contributed by atoms with Gasteiger partial charge in [-0.2, -0.15) is 5.10 Å². The van der Waals surface area contributed by atoms with Crippen LogP contribution >= 0.6 is 11.3 Å². The van der Waals surface area contributed by atoms with E-state index in [1.807, 2.05) is 21.1 Å². The number of nitrogens with zero attached hydrogens (tertiary/aromatic N) is 5. The largest absolute Gasteiger partial charge is 0.309 e. The number of carbonyl (C=O) groups excluding carboxylic acids is 1. The summed E-state index contributed by atoms with van der Waals surface area (Å²) >= 11 is 1.57. The smallest absolute Gasteiger partial charge is 0.280 e. The minimum Gasteiger partial charge on any atom is -0.309 e. The van der Waals surface area contributed by atoms with Crippen molar-refractivity contribution in [3.8, 4) is 0 Å². The summed E-state index contributed by atoms with van der Waals surface area (Å²) in [6.07, 6.45) is 2.66. The fourth-order valence-electron chi connectivity index (χ4n) is 2.97. The van der Waals surface area contributed by atoms with E-state index in [1.54, 1.807) is 33.2 Å². The molecule has 3 aromatic rings. The van der Waals surface area contributed by atoms with Crippen LogP contribution in [-0.2, 0) is 7.05 Å². The molecule has 0 aliphatic rings. The number of carbonyl (C=O) groups is 1. The van der Waals surface area contributed by atoms with Crippen molar-refractivity contribution in [3.63, 3.8) is 0 Å². The molecule has 0 spiro atoms. The molecular formula is C19H25N5OS. The molecule has 0 saturated carbocycles. The highest BCUT2D eigenvalue weighted by Crippen LogP contribution is 2.32. The van der Waals surface area contributed by atoms with Crippen LogP contribution in [0.15, 0.2) is 24.4 Å². The Hall–Kier alpha value is -2.25. The van der Waals surface area contributed by atoms with Crippen LogP contribution in [0.25, 0.3) is 10.2 Å². The minimum atomic E-state index is -0.0993. The van der Waals surface area contributed by atoms with Gasteiger partial charge in [0.15, 0.2) is 10.8 Å². The van der Waals surface area contributed by atoms with Crippen molar-refractivity contribution in [2.75, 3.05) is 32.1 Å². The zero-order chi connectivity index (χ0) is 18.8. The minimum absolute atomic E-state index is 0.0993. The molecule has 1 amide bonds. The summed E-state index contributed by atoms with van der Waals surface area (Å²) in [5.41, 5.74) is 3.77. The molecule has 0 aliphatic carbocycles. The third-order valence-corrected chi connectivity index (χ3v) is 5.24. The predicted octanol–water partition coefficient (Wildman–Crippen LogP) is 3.25. The Morgan fingerprint density at radius 2 is 2.00 bits per heavy atom. The summed E-state index contributed by atoms with van der Waals surface area (Å²) in [5, 5.41) is 5.02. The Bertz CT molecular complexity index is 927. The van der Waals surface area contributed by atoms with E-state index >= 15 is 0 Å². The van der Waals surface area contributed by atoms with E-state index in [9.17, 15) is 4.79 Å². The van der Waals surface area contributed by atoms with E-state index in [4.69, 9.17) is 4.98 Å². The maximum absolute atomic E-state index is 13.1. The van der Waals surface area contributed by atoms with E-state index < -0.39 is 0 Å². The topological polar surface area (TPSA) is 54.3 Å². The number of benzene rings is 1. The van der Waals surface area contributed by atoms with E-state index in [0.717, 1.165) is 33.9 Å². The molecule has 0 unspecified atom stereocenters. The van der Waals surface area contributed by atoms with Crippen LogP contribution < -0.4 is 4.90 Å². The highest BCUT2D eigenvalue weighted by Gasteiger charge is 2.23. The van der Waals surface area contributed by atoms with Crippen molar-refractivity contribution < 1.29 is 4.79 Å². The number of anilines is 1. The first-order valence-electron chi connectivity index (χ1n) is 8.69. The lowest BCUT2D eigenvalue weighted by molar-refractivity contribution is 0.0980. The van der Waals surface area contributed by atoms with E-state index in [1.165, 1.54) is 5.56 Å². The molecule has 0 saturated heterocycles. The Morgan fingerprint density at radius 1 is 1.23 bits per heavy atom. The van der Waals surface area contributed by atoms with Gasteiger partial charge in [-0.25, -0.2) is 4.98 Å². The summed E-state index contributed by atoms with van der Waals surface area (Å²) in [7, 11) is 5.89. The van der Waals surface area contributed by atoms with Gasteiger partial charge in [0.1, 0.15) is 0 Å². The molecule has 2 heterocycles. The predicted molar refractivity (Wildman–Crippen MR) is 107 cm³/mol. The molecule has 0 radical (unpaired) electrons. The normalized spacial score (nSPS) is 11.5. The number of aryl methyl sites for hydroxylation is 3. The number of aromatic nitrogens is 3. The van der Waals surface area contributed by atoms with Crippen LogP contribution in [0.5, 0.6) is 0 Å². The van der Waals surface area contributed by atoms with E-state index in [-0.39, 0.29) is 5.91 Å². The average Bonchev–Trinajstić information content (AvgIpc) is 3.17. The lowest BCUT2D eigenvalue weighted by Crippen LogP contribution is -2.33. The van der Waals surface area contributed by atoms with Gasteiger partial charge in [0.2, 0.25) is 0 Å². The molecule has 6 nitrogen and oxygen atoms in total. The average molecular weight is 372 g/mol. The Morgan fingerprint density at radius 3 is 2.65 bits per heavy atom. The van der Waals surface area contributed by atoms with Gasteiger partial charge in [0, 0.05) is 19.8 Å². The van der Waals surface area contributed by atoms with Gasteiger partial charge < -0.3 is 4.90 Å². The van der Waals surface area contributed by atoms with E-state index in [0.29, 0.717) is 12.2 Å². The maximum Gasteiger partial charge on any atom is 0.280 e. The van der Waals surface area contributed by atoms with Gasteiger partial charge in [0.25, 0.3) is 5.91 Å². The quantitative estimate of drug-likeness (QED) is 0.667. The Labute approximate surface area is 158 Å². The van der Waals surface area contributed by atoms with Crippen molar-refractivity contribution in [1.29, 1.82) is 0 Å². The van der Waals surface area contributed by atoms with Crippen LogP contribution in [0.4, 0.5) is 5.13 Å². The molecule has 138 valence electrons. The van der Waals surface area contributed by atoms with Crippen LogP contribution in [0.2, 0.25) is 0 Å². The number of thiazole rings is 1. The number of fused-ring (bicyclic) bond motifs is 1. The summed E-state index contributed by atoms with van der Waals surface area (Å²) < 4.78 is 2.76. The van der Waals surface area contributed by atoms with Crippen LogP contribution in [0, 0.1) is 13.8 Å². The molecule has 0 atom stereocenters. The standard InChI is InChI=1S/C19H25N5OS/c1-13-11-14(2)17-16(12-13)26-19(20-17)24(9-6-8-22(3)4)18(25)15-7-10-23(5)21-15/h7,10-12H,6,8-9H2,1-5H3. The van der Waals surface area contributed by atoms with Gasteiger partial charge >= 0.3 is 0 Å². The summed E-state index contributed by atoms with van der Waals surface area (Å²) in [6, 6.07) is 6.01. The molecule has 26 heavy (non-hydrogen) atoms. The highest BCUT2D eigenvalue weighted by molar-refractivity contribution is 7.22. The lowest BCUT2D eigenvalue weighted by atomic mass is 10.1. The third-order valence-electron chi connectivity index (χ3n) is 4.21. The Balaban J connectivity index is 1.96. The number of hydrogen-bond acceptors (Lipinski definition) is 5. The first kappa shape index (κ1) is 18.5. The van der Waals surface area contributed by atoms with Gasteiger partial charge in [0.05, 0.1) is 10.2 Å². The molecule has 0 aliphatic heterocycles. The number of rotatable bonds is 6. The molecule has 0 N–H and O–H groups in total. The highest BCUT2D eigenvalue weighted by atomic mass is 32.1. The monoisotopic (exact) mass is 371 g/mol. The third kappa shape index (κ3) is 3.94. The van der Waals surface area contributed by atoms with Gasteiger partial charge in [-0.15, -0.1) is 0 Å². The first-order chi connectivity index (χ1) is 12.3. The van der Waals surface area contributed by atoms with Gasteiger partial charge in [-0.05, 0) is 64.2 Å². The molecular weight excluding hydrogens is 346 g/mol. The van der Waals surface area contributed by atoms with E-state index in [2.05, 4.69) is 36.0 Å². The summed E-state index contributed by atoms with van der Waals surface area (Å²) in [4.78, 5) is 21.7. The summed E-state index contributed by atoms with van der Waals surface area (Å²) in [5.74, 6) is -0.0993. The molecule has 3 rings (SSSR count). The zero-order valence-corrected chi connectivity index (χ0v) is 16.8. The van der Waals surface area contributed by atoms with Crippen molar-refractivity contribution >= 4 is 32.6 Å². The fourth-order valence-corrected chi connectivity index (χ4v) is 4.14. The molecule has 1 aromatic carbocycles. The lowest BCUT2D eigenvalue weighted by Gasteiger charge is -2.20. The van der Waals surface area contributed by atoms with Crippen molar-refractivity contribution in [3.05, 3.63) is 41.2 Å². The van der Waals surface area contributed by atoms with Gasteiger partial charge in [-0.1, -0.05) is 17.4 Å². The van der Waals surface area contributed by atoms with Crippen LogP contribution in [-0.4, -0.2) is 52.8 Å². The molecule has 2 aromatic heterocycles. The maximum atomic E-state index is 13.1. The van der Waals surface area contributed by atoms with Gasteiger partial charge in [-0.3, -0.25) is 14.4 Å². The second-order valence-corrected chi connectivity index (χ2v) is 7.92. The SMILES string of the molecule is Cc1cc(C)c2nc(N(CCCN(C)C)C(=O)c3ccn(C)n3)sc2c1. The number of amides is 1. The van der Waals surface area contributed by atoms with Crippen molar-refractivity contribution in [1.82, 2.24) is 19.7 Å². The fraction of sp³-hybridized carbons (Fsp3) is 0.421. The first-order valence-corrected chi connectivity index (χ1v) is 9.51. The second kappa shape index (κ2) is 7.55. The Kier molecular flexibility index (Phi) is 5.38. The molecule has 0 bridgehead atoms.